The van der Waals surface area contributed by atoms with E-state index < -0.39 is 11.4 Å². The maximum atomic E-state index is 12.3. The van der Waals surface area contributed by atoms with E-state index in [9.17, 15) is 14.7 Å². The van der Waals surface area contributed by atoms with E-state index in [-0.39, 0.29) is 18.4 Å². The van der Waals surface area contributed by atoms with Gasteiger partial charge in [0.05, 0.1) is 19.1 Å². The maximum absolute atomic E-state index is 12.3. The van der Waals surface area contributed by atoms with Crippen molar-refractivity contribution in [2.45, 2.75) is 25.8 Å². The number of likely N-dealkylation sites (tertiary alicyclic amines) is 1. The number of rotatable bonds is 6. The number of ether oxygens (including phenoxy) is 1. The van der Waals surface area contributed by atoms with Crippen molar-refractivity contribution in [3.8, 4) is 5.75 Å². The first-order valence-corrected chi connectivity index (χ1v) is 8.87. The van der Waals surface area contributed by atoms with Gasteiger partial charge in [-0.1, -0.05) is 18.0 Å². The normalized spacial score (nSPS) is 25.6. The average molecular weight is 367 g/mol. The van der Waals surface area contributed by atoms with Crippen molar-refractivity contribution in [2.75, 3.05) is 26.7 Å². The first-order chi connectivity index (χ1) is 11.9. The van der Waals surface area contributed by atoms with Crippen molar-refractivity contribution in [1.82, 2.24) is 10.2 Å². The van der Waals surface area contributed by atoms with E-state index in [0.29, 0.717) is 36.8 Å². The van der Waals surface area contributed by atoms with Crippen molar-refractivity contribution in [1.29, 1.82) is 0 Å². The number of benzene rings is 1. The Morgan fingerprint density at radius 2 is 2.28 bits per heavy atom. The molecule has 2 N–H and O–H groups in total. The predicted molar refractivity (Wildman–Crippen MR) is 93.7 cm³/mol. The van der Waals surface area contributed by atoms with Crippen molar-refractivity contribution in [3.63, 3.8) is 0 Å². The Bertz CT molecular complexity index is 681. The van der Waals surface area contributed by atoms with Gasteiger partial charge in [0.2, 0.25) is 5.91 Å². The lowest BCUT2D eigenvalue weighted by Crippen LogP contribution is -2.39. The lowest BCUT2D eigenvalue weighted by atomic mass is 9.81. The van der Waals surface area contributed by atoms with Crippen LogP contribution in [0.2, 0.25) is 5.02 Å². The van der Waals surface area contributed by atoms with Gasteiger partial charge in [-0.05, 0) is 37.0 Å². The molecule has 0 aromatic heterocycles. The number of halogens is 1. The summed E-state index contributed by atoms with van der Waals surface area (Å²) in [6, 6.07) is 5.27. The highest BCUT2D eigenvalue weighted by Gasteiger charge is 2.54. The predicted octanol–water partition coefficient (Wildman–Crippen LogP) is 2.15. The fourth-order valence-electron chi connectivity index (χ4n) is 4.20. The van der Waals surface area contributed by atoms with E-state index in [1.807, 2.05) is 4.90 Å². The molecule has 136 valence electrons. The number of aliphatic carboxylic acids is 1. The van der Waals surface area contributed by atoms with Crippen LogP contribution < -0.4 is 10.1 Å². The van der Waals surface area contributed by atoms with E-state index in [1.165, 1.54) is 0 Å². The molecule has 1 aromatic carbocycles. The average Bonchev–Trinajstić information content (AvgIpc) is 3.11. The van der Waals surface area contributed by atoms with E-state index in [1.54, 1.807) is 25.3 Å². The number of hydrogen-bond donors (Lipinski definition) is 2. The molecule has 0 bridgehead atoms. The molecule has 0 spiro atoms. The number of nitrogens with one attached hydrogen (secondary N) is 1. The Hall–Kier alpha value is -1.79. The molecule has 6 nitrogen and oxygen atoms in total. The van der Waals surface area contributed by atoms with Gasteiger partial charge in [-0.25, -0.2) is 0 Å². The highest BCUT2D eigenvalue weighted by Crippen LogP contribution is 2.48. The summed E-state index contributed by atoms with van der Waals surface area (Å²) in [5.41, 5.74) is 0.153. The van der Waals surface area contributed by atoms with E-state index in [2.05, 4.69) is 5.32 Å². The Morgan fingerprint density at radius 1 is 1.48 bits per heavy atom. The number of carboxylic acid groups (broad SMARTS) is 1. The number of hydrogen-bond acceptors (Lipinski definition) is 4. The molecule has 2 aliphatic rings. The van der Waals surface area contributed by atoms with Crippen LogP contribution in [-0.4, -0.2) is 48.6 Å². The van der Waals surface area contributed by atoms with Gasteiger partial charge in [0.25, 0.3) is 0 Å². The summed E-state index contributed by atoms with van der Waals surface area (Å²) in [6.07, 6.45) is 2.61. The van der Waals surface area contributed by atoms with Gasteiger partial charge in [0, 0.05) is 30.2 Å². The highest BCUT2D eigenvalue weighted by molar-refractivity contribution is 6.30. The second-order valence-corrected chi connectivity index (χ2v) is 7.39. The molecule has 2 fully saturated rings. The highest BCUT2D eigenvalue weighted by atomic mass is 35.5. The minimum absolute atomic E-state index is 0.123. The number of fused-ring (bicyclic) bond motifs is 1. The van der Waals surface area contributed by atoms with Crippen LogP contribution in [0.1, 0.15) is 24.8 Å². The number of carbonyl (C=O) groups excluding carboxylic acids is 1. The van der Waals surface area contributed by atoms with E-state index >= 15 is 0 Å². The van der Waals surface area contributed by atoms with Crippen LogP contribution >= 0.6 is 11.6 Å². The summed E-state index contributed by atoms with van der Waals surface area (Å²) < 4.78 is 5.27. The monoisotopic (exact) mass is 366 g/mol. The number of methoxy groups -OCH3 is 1. The van der Waals surface area contributed by atoms with Crippen LogP contribution in [0.15, 0.2) is 18.2 Å². The molecule has 1 aliphatic heterocycles. The van der Waals surface area contributed by atoms with E-state index in [0.717, 1.165) is 18.4 Å². The van der Waals surface area contributed by atoms with Gasteiger partial charge in [-0.3, -0.25) is 14.5 Å². The molecular formula is C18H23ClN2O4. The smallest absolute Gasteiger partial charge is 0.311 e. The zero-order valence-corrected chi connectivity index (χ0v) is 15.0. The van der Waals surface area contributed by atoms with Crippen LogP contribution in [0, 0.1) is 11.3 Å². The fourth-order valence-corrected chi connectivity index (χ4v) is 4.40. The molecule has 1 saturated carbocycles. The largest absolute Gasteiger partial charge is 0.496 e. The summed E-state index contributed by atoms with van der Waals surface area (Å²) in [7, 11) is 1.57. The van der Waals surface area contributed by atoms with E-state index in [4.69, 9.17) is 16.3 Å². The topological polar surface area (TPSA) is 78.9 Å². The first-order valence-electron chi connectivity index (χ1n) is 8.49. The summed E-state index contributed by atoms with van der Waals surface area (Å²) in [6.45, 7) is 1.68. The molecule has 1 aliphatic carbocycles. The molecule has 1 aromatic rings. The van der Waals surface area contributed by atoms with Gasteiger partial charge in [0.15, 0.2) is 0 Å². The standard InChI is InChI=1S/C18H23ClN2O4/c1-25-15-5-4-14(19)7-12(15)8-20-16(22)10-21-9-13-3-2-6-18(13,11-21)17(23)24/h4-5,7,13H,2-3,6,8-11H2,1H3,(H,20,22)(H,23,24)/t13-,18+/m0/s1. The third-order valence-corrected chi connectivity index (χ3v) is 5.69. The minimum Gasteiger partial charge on any atom is -0.496 e. The van der Waals surface area contributed by atoms with Crippen LogP contribution in [0.5, 0.6) is 5.75 Å². The minimum atomic E-state index is -0.721. The van der Waals surface area contributed by atoms with Crippen LogP contribution in [-0.2, 0) is 16.1 Å². The Kier molecular flexibility index (Phi) is 5.20. The van der Waals surface area contributed by atoms with Crippen LogP contribution in [0.25, 0.3) is 0 Å². The molecule has 0 radical (unpaired) electrons. The zero-order valence-electron chi connectivity index (χ0n) is 14.3. The molecule has 2 atom stereocenters. The Balaban J connectivity index is 1.56. The quantitative estimate of drug-likeness (QED) is 0.806. The van der Waals surface area contributed by atoms with Crippen molar-refractivity contribution >= 4 is 23.5 Å². The number of carbonyl (C=O) groups is 2. The summed E-state index contributed by atoms with van der Waals surface area (Å²) in [5.74, 6) is -0.0137. The summed E-state index contributed by atoms with van der Waals surface area (Å²) in [5, 5.41) is 13.1. The molecule has 0 unspecified atom stereocenters. The molecular weight excluding hydrogens is 344 g/mol. The van der Waals surface area contributed by atoms with Gasteiger partial charge in [0.1, 0.15) is 5.75 Å². The molecule has 25 heavy (non-hydrogen) atoms. The molecule has 1 saturated heterocycles. The van der Waals surface area contributed by atoms with Crippen molar-refractivity contribution < 1.29 is 19.4 Å². The van der Waals surface area contributed by atoms with Gasteiger partial charge in [-0.2, -0.15) is 0 Å². The Morgan fingerprint density at radius 3 is 2.96 bits per heavy atom. The van der Waals surface area contributed by atoms with Gasteiger partial charge >= 0.3 is 5.97 Å². The Labute approximate surface area is 152 Å². The molecule has 7 heteroatoms. The molecule has 1 heterocycles. The van der Waals surface area contributed by atoms with Gasteiger partial charge < -0.3 is 15.2 Å². The number of carboxylic acids is 1. The fraction of sp³-hybridized carbons (Fsp3) is 0.556. The lowest BCUT2D eigenvalue weighted by Gasteiger charge is -2.23. The lowest BCUT2D eigenvalue weighted by molar-refractivity contribution is -0.149. The van der Waals surface area contributed by atoms with Crippen LogP contribution in [0.3, 0.4) is 0 Å². The second kappa shape index (κ2) is 7.22. The SMILES string of the molecule is COc1ccc(Cl)cc1CNC(=O)CN1C[C@@H]2CCC[C@@]2(C(=O)O)C1. The number of nitrogens with zero attached hydrogens (tertiary/aromatic N) is 1. The third kappa shape index (κ3) is 3.60. The van der Waals surface area contributed by atoms with Crippen molar-refractivity contribution in [3.05, 3.63) is 28.8 Å². The third-order valence-electron chi connectivity index (χ3n) is 5.45. The second-order valence-electron chi connectivity index (χ2n) is 6.95. The molecule has 1 amide bonds. The van der Waals surface area contributed by atoms with Gasteiger partial charge in [-0.15, -0.1) is 0 Å². The van der Waals surface area contributed by atoms with Crippen molar-refractivity contribution in [2.24, 2.45) is 11.3 Å². The first kappa shape index (κ1) is 18.0. The maximum Gasteiger partial charge on any atom is 0.311 e. The summed E-state index contributed by atoms with van der Waals surface area (Å²) >= 11 is 5.99. The number of amides is 1. The summed E-state index contributed by atoms with van der Waals surface area (Å²) in [4.78, 5) is 25.9. The zero-order chi connectivity index (χ0) is 18.0. The van der Waals surface area contributed by atoms with Crippen LogP contribution in [0.4, 0.5) is 0 Å². The molecule has 3 rings (SSSR count).